The van der Waals surface area contributed by atoms with E-state index >= 15 is 0 Å². The highest BCUT2D eigenvalue weighted by Gasteiger charge is 2.20. The van der Waals surface area contributed by atoms with Crippen LogP contribution in [0.15, 0.2) is 48.5 Å². The number of aromatic hydroxyl groups is 1. The summed E-state index contributed by atoms with van der Waals surface area (Å²) in [5.74, 6) is -1.71. The average molecular weight is 342 g/mol. The average Bonchev–Trinajstić information content (AvgIpc) is 2.56. The molecule has 0 saturated carbocycles. The van der Waals surface area contributed by atoms with Crippen LogP contribution in [0.1, 0.15) is 22.8 Å². The Bertz CT molecular complexity index is 769. The largest absolute Gasteiger partial charge is 0.508 e. The Morgan fingerprint density at radius 3 is 2.12 bits per heavy atom. The summed E-state index contributed by atoms with van der Waals surface area (Å²) in [6.45, 7) is 1.32. The summed E-state index contributed by atoms with van der Waals surface area (Å²) < 4.78 is 0. The van der Waals surface area contributed by atoms with Gasteiger partial charge >= 0.3 is 5.97 Å². The number of amides is 2. The first-order valence-electron chi connectivity index (χ1n) is 7.54. The third kappa shape index (κ3) is 5.35. The number of rotatable bonds is 6. The summed E-state index contributed by atoms with van der Waals surface area (Å²) in [5, 5.41) is 23.4. The Morgan fingerprint density at radius 2 is 1.60 bits per heavy atom. The van der Waals surface area contributed by atoms with Crippen LogP contribution in [0.2, 0.25) is 0 Å². The zero-order valence-corrected chi connectivity index (χ0v) is 13.5. The van der Waals surface area contributed by atoms with Crippen LogP contribution in [0.5, 0.6) is 5.75 Å². The van der Waals surface area contributed by atoms with Crippen molar-refractivity contribution in [2.75, 3.05) is 5.32 Å². The van der Waals surface area contributed by atoms with Crippen LogP contribution in [0.3, 0.4) is 0 Å². The standard InChI is InChI=1S/C18H18N2O5/c1-11(21)19-16(10-12-2-8-15(22)9-3-12)17(23)20-14-6-4-13(5-7-14)18(24)25/h2-9,16,22H,10H2,1H3,(H,19,21)(H,20,23)(H,24,25)/t16-/m0/s1. The van der Waals surface area contributed by atoms with Crippen LogP contribution in [0.4, 0.5) is 5.69 Å². The van der Waals surface area contributed by atoms with E-state index in [0.29, 0.717) is 5.69 Å². The third-order valence-corrected chi connectivity index (χ3v) is 3.47. The van der Waals surface area contributed by atoms with Gasteiger partial charge in [-0.05, 0) is 42.0 Å². The monoisotopic (exact) mass is 342 g/mol. The fraction of sp³-hybridized carbons (Fsp3) is 0.167. The number of phenols is 1. The van der Waals surface area contributed by atoms with E-state index in [1.54, 1.807) is 12.1 Å². The van der Waals surface area contributed by atoms with Crippen LogP contribution < -0.4 is 10.6 Å². The molecule has 0 radical (unpaired) electrons. The molecule has 0 aliphatic rings. The van der Waals surface area contributed by atoms with E-state index in [9.17, 15) is 19.5 Å². The van der Waals surface area contributed by atoms with Crippen LogP contribution in [-0.4, -0.2) is 34.0 Å². The number of anilines is 1. The van der Waals surface area contributed by atoms with Crippen LogP contribution in [0.25, 0.3) is 0 Å². The molecule has 0 unspecified atom stereocenters. The van der Waals surface area contributed by atoms with Crippen molar-refractivity contribution >= 4 is 23.5 Å². The molecule has 0 aromatic heterocycles. The highest BCUT2D eigenvalue weighted by Crippen LogP contribution is 2.14. The normalized spacial score (nSPS) is 11.4. The molecule has 25 heavy (non-hydrogen) atoms. The molecular weight excluding hydrogens is 324 g/mol. The van der Waals surface area contributed by atoms with Crippen molar-refractivity contribution in [3.8, 4) is 5.75 Å². The van der Waals surface area contributed by atoms with Gasteiger partial charge in [0.1, 0.15) is 11.8 Å². The Morgan fingerprint density at radius 1 is 1.00 bits per heavy atom. The van der Waals surface area contributed by atoms with Gasteiger partial charge in [-0.1, -0.05) is 12.1 Å². The van der Waals surface area contributed by atoms with Crippen molar-refractivity contribution in [2.24, 2.45) is 0 Å². The van der Waals surface area contributed by atoms with Crippen molar-refractivity contribution in [3.63, 3.8) is 0 Å². The Balaban J connectivity index is 2.10. The minimum Gasteiger partial charge on any atom is -0.508 e. The number of nitrogens with one attached hydrogen (secondary N) is 2. The molecule has 1 atom stereocenters. The van der Waals surface area contributed by atoms with Crippen molar-refractivity contribution in [2.45, 2.75) is 19.4 Å². The van der Waals surface area contributed by atoms with Gasteiger partial charge in [-0.2, -0.15) is 0 Å². The lowest BCUT2D eigenvalue weighted by Gasteiger charge is -2.18. The maximum Gasteiger partial charge on any atom is 0.335 e. The zero-order valence-electron chi connectivity index (χ0n) is 13.5. The van der Waals surface area contributed by atoms with Crippen LogP contribution in [-0.2, 0) is 16.0 Å². The molecule has 130 valence electrons. The zero-order chi connectivity index (χ0) is 18.4. The quantitative estimate of drug-likeness (QED) is 0.638. The number of benzene rings is 2. The van der Waals surface area contributed by atoms with Gasteiger partial charge in [0.2, 0.25) is 11.8 Å². The van der Waals surface area contributed by atoms with Gasteiger partial charge in [0.05, 0.1) is 5.56 Å². The summed E-state index contributed by atoms with van der Waals surface area (Å²) >= 11 is 0. The predicted molar refractivity (Wildman–Crippen MR) is 91.4 cm³/mol. The van der Waals surface area contributed by atoms with E-state index in [1.165, 1.54) is 43.3 Å². The van der Waals surface area contributed by atoms with Gasteiger partial charge in [-0.25, -0.2) is 4.79 Å². The number of carboxylic acids is 1. The number of hydrogen-bond donors (Lipinski definition) is 4. The molecule has 0 fully saturated rings. The molecule has 2 aromatic rings. The Hall–Kier alpha value is -3.35. The lowest BCUT2D eigenvalue weighted by Crippen LogP contribution is -2.44. The van der Waals surface area contributed by atoms with Crippen molar-refractivity contribution in [1.29, 1.82) is 0 Å². The number of carbonyl (C=O) groups excluding carboxylic acids is 2. The molecule has 4 N–H and O–H groups in total. The number of carbonyl (C=O) groups is 3. The molecule has 2 aromatic carbocycles. The molecule has 0 aliphatic carbocycles. The minimum atomic E-state index is -1.05. The Kier molecular flexibility index (Phi) is 5.73. The third-order valence-electron chi connectivity index (χ3n) is 3.47. The molecule has 2 amide bonds. The van der Waals surface area contributed by atoms with E-state index in [0.717, 1.165) is 5.56 Å². The SMILES string of the molecule is CC(=O)N[C@@H](Cc1ccc(O)cc1)C(=O)Nc1ccc(C(=O)O)cc1. The van der Waals surface area contributed by atoms with Gasteiger partial charge in [0.25, 0.3) is 0 Å². The van der Waals surface area contributed by atoms with Gasteiger partial charge in [-0.15, -0.1) is 0 Å². The first-order chi connectivity index (χ1) is 11.8. The van der Waals surface area contributed by atoms with E-state index in [4.69, 9.17) is 5.11 Å². The molecule has 0 heterocycles. The fourth-order valence-electron chi connectivity index (χ4n) is 2.25. The van der Waals surface area contributed by atoms with Gasteiger partial charge < -0.3 is 20.8 Å². The summed E-state index contributed by atoms with van der Waals surface area (Å²) in [5.41, 5.74) is 1.31. The predicted octanol–water partition coefficient (Wildman–Crippen LogP) is 1.78. The van der Waals surface area contributed by atoms with E-state index in [1.807, 2.05) is 0 Å². The molecule has 7 heteroatoms. The summed E-state index contributed by atoms with van der Waals surface area (Å²) in [7, 11) is 0. The van der Waals surface area contributed by atoms with Crippen molar-refractivity contribution < 1.29 is 24.6 Å². The molecular formula is C18H18N2O5. The first kappa shape index (κ1) is 18.0. The molecule has 0 saturated heterocycles. The second-order valence-electron chi connectivity index (χ2n) is 5.50. The molecule has 0 aliphatic heterocycles. The molecule has 0 spiro atoms. The number of aromatic carboxylic acids is 1. The van der Waals surface area contributed by atoms with Gasteiger partial charge in [-0.3, -0.25) is 9.59 Å². The summed E-state index contributed by atoms with van der Waals surface area (Å²) in [6.07, 6.45) is 0.249. The number of phenolic OH excluding ortho intramolecular Hbond substituents is 1. The fourth-order valence-corrected chi connectivity index (χ4v) is 2.25. The second kappa shape index (κ2) is 7.96. The first-order valence-corrected chi connectivity index (χ1v) is 7.54. The smallest absolute Gasteiger partial charge is 0.335 e. The van der Waals surface area contributed by atoms with Crippen molar-refractivity contribution in [3.05, 3.63) is 59.7 Å². The van der Waals surface area contributed by atoms with Gasteiger partial charge in [0, 0.05) is 19.0 Å². The van der Waals surface area contributed by atoms with Crippen molar-refractivity contribution in [1.82, 2.24) is 5.32 Å². The van der Waals surface area contributed by atoms with Crippen LogP contribution in [0, 0.1) is 0 Å². The number of hydrogen-bond acceptors (Lipinski definition) is 4. The minimum absolute atomic E-state index is 0.112. The second-order valence-corrected chi connectivity index (χ2v) is 5.50. The maximum absolute atomic E-state index is 12.4. The summed E-state index contributed by atoms with van der Waals surface area (Å²) in [6, 6.07) is 11.3. The molecule has 7 nitrogen and oxygen atoms in total. The van der Waals surface area contributed by atoms with E-state index in [-0.39, 0.29) is 23.6 Å². The highest BCUT2D eigenvalue weighted by molar-refractivity contribution is 5.97. The summed E-state index contributed by atoms with van der Waals surface area (Å²) in [4.78, 5) is 34.7. The maximum atomic E-state index is 12.4. The van der Waals surface area contributed by atoms with E-state index < -0.39 is 17.9 Å². The Labute approximate surface area is 144 Å². The molecule has 2 rings (SSSR count). The lowest BCUT2D eigenvalue weighted by molar-refractivity contribution is -0.125. The van der Waals surface area contributed by atoms with Gasteiger partial charge in [0.15, 0.2) is 0 Å². The number of carboxylic acid groups (broad SMARTS) is 1. The lowest BCUT2D eigenvalue weighted by atomic mass is 10.0. The topological polar surface area (TPSA) is 116 Å². The van der Waals surface area contributed by atoms with E-state index in [2.05, 4.69) is 10.6 Å². The van der Waals surface area contributed by atoms with Crippen LogP contribution >= 0.6 is 0 Å². The highest BCUT2D eigenvalue weighted by atomic mass is 16.4. The molecule has 0 bridgehead atoms.